The molecule has 3 amide bonds. The Morgan fingerprint density at radius 2 is 1.55 bits per heavy atom. The number of nitrogens with zero attached hydrogens (tertiary/aromatic N) is 1. The Morgan fingerprint density at radius 3 is 2.24 bits per heavy atom. The number of benzene rings is 3. The Morgan fingerprint density at radius 1 is 0.878 bits per heavy atom. The molecule has 0 saturated carbocycles. The van der Waals surface area contributed by atoms with Gasteiger partial charge < -0.3 is 29.7 Å². The smallest absolute Gasteiger partial charge is 0.328 e. The van der Waals surface area contributed by atoms with E-state index in [0.29, 0.717) is 54.8 Å². The van der Waals surface area contributed by atoms with Crippen LogP contribution in [0.15, 0.2) is 78.9 Å². The molecule has 1 aliphatic heterocycles. The minimum Gasteiger partial charge on any atom is -0.496 e. The largest absolute Gasteiger partial charge is 0.496 e. The van der Waals surface area contributed by atoms with E-state index in [1.807, 2.05) is 65.6 Å². The van der Waals surface area contributed by atoms with Crippen LogP contribution in [-0.4, -0.2) is 80.6 Å². The number of para-hydroxylation sites is 1. The maximum atomic E-state index is 14.5. The highest BCUT2D eigenvalue weighted by molar-refractivity contribution is 5.98. The number of hydrogen-bond donors (Lipinski definition) is 2. The van der Waals surface area contributed by atoms with E-state index in [9.17, 15) is 24.0 Å². The summed E-state index contributed by atoms with van der Waals surface area (Å²) in [6.45, 7) is 2.75. The molecular weight excluding hydrogens is 626 g/mol. The SMILES string of the molecule is CCOC(=O)C[C@H](NC(=O)[C@@]1(c2ccccc2)CC[C@H](C(=O)N2CCC(NC(=O)c3ccccc3OC)CC2)c2ccccc21)C(=O)OC. The van der Waals surface area contributed by atoms with Gasteiger partial charge in [-0.15, -0.1) is 0 Å². The fraction of sp³-hybridized carbons (Fsp3) is 0.395. The number of methoxy groups -OCH3 is 2. The molecule has 3 aromatic rings. The van der Waals surface area contributed by atoms with E-state index in [2.05, 4.69) is 10.6 Å². The van der Waals surface area contributed by atoms with Gasteiger partial charge in [0.1, 0.15) is 11.8 Å². The number of fused-ring (bicyclic) bond motifs is 1. The third kappa shape index (κ3) is 7.45. The lowest BCUT2D eigenvalue weighted by Crippen LogP contribution is -2.54. The molecule has 11 nitrogen and oxygen atoms in total. The summed E-state index contributed by atoms with van der Waals surface area (Å²) in [5.41, 5.74) is 1.33. The van der Waals surface area contributed by atoms with Gasteiger partial charge in [0.05, 0.1) is 44.1 Å². The number of likely N-dealkylation sites (tertiary alicyclic amines) is 1. The highest BCUT2D eigenvalue weighted by Crippen LogP contribution is 2.48. The van der Waals surface area contributed by atoms with Crippen LogP contribution in [-0.2, 0) is 34.1 Å². The first-order chi connectivity index (χ1) is 23.7. The van der Waals surface area contributed by atoms with E-state index >= 15 is 0 Å². The van der Waals surface area contributed by atoms with Crippen molar-refractivity contribution in [2.75, 3.05) is 33.9 Å². The van der Waals surface area contributed by atoms with Crippen molar-refractivity contribution in [2.45, 2.75) is 62.4 Å². The maximum absolute atomic E-state index is 14.5. The van der Waals surface area contributed by atoms with Crippen LogP contribution in [0.3, 0.4) is 0 Å². The lowest BCUT2D eigenvalue weighted by Gasteiger charge is -2.43. The van der Waals surface area contributed by atoms with Gasteiger partial charge in [0.25, 0.3) is 5.91 Å². The van der Waals surface area contributed by atoms with Crippen LogP contribution in [0.1, 0.15) is 72.0 Å². The Hall–Kier alpha value is -5.19. The van der Waals surface area contributed by atoms with Crippen molar-refractivity contribution < 1.29 is 38.2 Å². The van der Waals surface area contributed by atoms with Gasteiger partial charge in [-0.2, -0.15) is 0 Å². The number of esters is 2. The Bertz CT molecular complexity index is 1670. The first-order valence-corrected chi connectivity index (χ1v) is 16.7. The molecule has 0 unspecified atom stereocenters. The fourth-order valence-corrected chi connectivity index (χ4v) is 7.05. The van der Waals surface area contributed by atoms with Crippen LogP contribution in [0, 0.1) is 0 Å². The summed E-state index contributed by atoms with van der Waals surface area (Å²) in [5, 5.41) is 5.89. The van der Waals surface area contributed by atoms with Gasteiger partial charge in [-0.25, -0.2) is 4.79 Å². The van der Waals surface area contributed by atoms with Crippen molar-refractivity contribution in [3.8, 4) is 5.75 Å². The molecule has 2 aliphatic rings. The van der Waals surface area contributed by atoms with Gasteiger partial charge in [-0.1, -0.05) is 66.7 Å². The first-order valence-electron chi connectivity index (χ1n) is 16.7. The molecule has 1 heterocycles. The second-order valence-corrected chi connectivity index (χ2v) is 12.3. The average Bonchev–Trinajstić information content (AvgIpc) is 3.14. The third-order valence-corrected chi connectivity index (χ3v) is 9.52. The number of amides is 3. The van der Waals surface area contributed by atoms with E-state index in [1.165, 1.54) is 14.2 Å². The second-order valence-electron chi connectivity index (χ2n) is 12.3. The Balaban J connectivity index is 1.37. The number of carbonyl (C=O) groups is 5. The van der Waals surface area contributed by atoms with Crippen LogP contribution in [0.4, 0.5) is 0 Å². The molecule has 0 bridgehead atoms. The summed E-state index contributed by atoms with van der Waals surface area (Å²) < 4.78 is 15.3. The highest BCUT2D eigenvalue weighted by Gasteiger charge is 2.50. The normalized spacial score (nSPS) is 19.5. The molecule has 11 heteroatoms. The van der Waals surface area contributed by atoms with E-state index in [-0.39, 0.29) is 37.3 Å². The Kier molecular flexibility index (Phi) is 11.3. The van der Waals surface area contributed by atoms with Crippen LogP contribution in [0.5, 0.6) is 5.75 Å². The first kappa shape index (κ1) is 35.1. The molecule has 0 aromatic heterocycles. The summed E-state index contributed by atoms with van der Waals surface area (Å²) in [4.78, 5) is 68.6. The quantitative estimate of drug-likeness (QED) is 0.293. The monoisotopic (exact) mass is 669 g/mol. The van der Waals surface area contributed by atoms with Gasteiger partial charge in [0.2, 0.25) is 11.8 Å². The van der Waals surface area contributed by atoms with Crippen molar-refractivity contribution >= 4 is 29.7 Å². The molecule has 49 heavy (non-hydrogen) atoms. The molecule has 5 rings (SSSR count). The predicted octanol–water partition coefficient (Wildman–Crippen LogP) is 3.89. The maximum Gasteiger partial charge on any atom is 0.328 e. The number of hydrogen-bond acceptors (Lipinski definition) is 8. The lowest BCUT2D eigenvalue weighted by atomic mass is 9.62. The number of carbonyl (C=O) groups excluding carboxylic acids is 5. The van der Waals surface area contributed by atoms with Gasteiger partial charge in [0.15, 0.2) is 0 Å². The van der Waals surface area contributed by atoms with E-state index < -0.39 is 35.2 Å². The van der Waals surface area contributed by atoms with Gasteiger partial charge >= 0.3 is 11.9 Å². The van der Waals surface area contributed by atoms with Crippen LogP contribution in [0.2, 0.25) is 0 Å². The Labute approximate surface area is 286 Å². The number of ether oxygens (including phenoxy) is 3. The van der Waals surface area contributed by atoms with Crippen molar-refractivity contribution in [2.24, 2.45) is 0 Å². The molecule has 1 aliphatic carbocycles. The van der Waals surface area contributed by atoms with Crippen LogP contribution >= 0.6 is 0 Å². The summed E-state index contributed by atoms with van der Waals surface area (Å²) in [6, 6.07) is 22.4. The van der Waals surface area contributed by atoms with E-state index in [4.69, 9.17) is 14.2 Å². The molecule has 2 N–H and O–H groups in total. The highest BCUT2D eigenvalue weighted by atomic mass is 16.5. The van der Waals surface area contributed by atoms with Crippen LogP contribution < -0.4 is 15.4 Å². The van der Waals surface area contributed by atoms with Crippen molar-refractivity contribution in [3.63, 3.8) is 0 Å². The average molecular weight is 670 g/mol. The number of rotatable bonds is 11. The minimum absolute atomic E-state index is 0.0289. The zero-order valence-corrected chi connectivity index (χ0v) is 28.1. The summed E-state index contributed by atoms with van der Waals surface area (Å²) >= 11 is 0. The molecule has 1 saturated heterocycles. The predicted molar refractivity (Wildman–Crippen MR) is 181 cm³/mol. The van der Waals surface area contributed by atoms with Gasteiger partial charge in [0, 0.05) is 19.1 Å². The topological polar surface area (TPSA) is 140 Å². The molecule has 258 valence electrons. The molecular formula is C38H43N3O8. The van der Waals surface area contributed by atoms with Crippen molar-refractivity contribution in [3.05, 3.63) is 101 Å². The summed E-state index contributed by atoms with van der Waals surface area (Å²) in [5.74, 6) is -2.09. The van der Waals surface area contributed by atoms with Crippen molar-refractivity contribution in [1.29, 1.82) is 0 Å². The molecule has 1 fully saturated rings. The number of nitrogens with one attached hydrogen (secondary N) is 2. The van der Waals surface area contributed by atoms with E-state index in [1.54, 1.807) is 25.1 Å². The summed E-state index contributed by atoms with van der Waals surface area (Å²) in [7, 11) is 2.73. The third-order valence-electron chi connectivity index (χ3n) is 9.52. The van der Waals surface area contributed by atoms with Crippen LogP contribution in [0.25, 0.3) is 0 Å². The zero-order chi connectivity index (χ0) is 35.0. The zero-order valence-electron chi connectivity index (χ0n) is 28.1. The van der Waals surface area contributed by atoms with E-state index in [0.717, 1.165) is 5.56 Å². The summed E-state index contributed by atoms with van der Waals surface area (Å²) in [6.07, 6.45) is 1.49. The fourth-order valence-electron chi connectivity index (χ4n) is 7.05. The molecule has 0 radical (unpaired) electrons. The minimum atomic E-state index is -1.26. The molecule has 3 aromatic carbocycles. The molecule has 0 spiro atoms. The molecule has 3 atom stereocenters. The van der Waals surface area contributed by atoms with Crippen molar-refractivity contribution in [1.82, 2.24) is 15.5 Å². The van der Waals surface area contributed by atoms with Gasteiger partial charge in [-0.05, 0) is 61.4 Å². The number of piperidine rings is 1. The lowest BCUT2D eigenvalue weighted by molar-refractivity contribution is -0.152. The second kappa shape index (κ2) is 15.8. The van der Waals surface area contributed by atoms with Gasteiger partial charge in [-0.3, -0.25) is 19.2 Å². The standard InChI is InChI=1S/C38H43N3O8/c1-4-49-33(42)24-31(36(45)48-3)40-37(46)38(25-12-6-5-7-13-25)21-18-28(27-14-8-10-16-30(27)38)35(44)41-22-19-26(20-23-41)39-34(43)29-15-9-11-17-32(29)47-2/h5-17,26,28,31H,4,18-24H2,1-3H3,(H,39,43)(H,40,46)/t28-,31-,38+/m0/s1.